The second kappa shape index (κ2) is 10.1. The van der Waals surface area contributed by atoms with E-state index in [1.165, 1.54) is 4.90 Å². The Morgan fingerprint density at radius 2 is 1.70 bits per heavy atom. The molecule has 1 atom stereocenters. The number of carbonyl (C=O) groups excluding carboxylic acids is 3. The van der Waals surface area contributed by atoms with Crippen molar-refractivity contribution in [3.8, 4) is 5.75 Å². The van der Waals surface area contributed by atoms with Gasteiger partial charge in [0.25, 0.3) is 5.91 Å². The number of aromatic amines is 1. The van der Waals surface area contributed by atoms with Crippen molar-refractivity contribution < 1.29 is 23.9 Å². The zero-order valence-electron chi connectivity index (χ0n) is 18.4. The first-order valence-corrected chi connectivity index (χ1v) is 10.1. The maximum atomic E-state index is 13.3. The van der Waals surface area contributed by atoms with Gasteiger partial charge in [-0.15, -0.1) is 0 Å². The van der Waals surface area contributed by atoms with Gasteiger partial charge in [0.15, 0.2) is 12.4 Å². The highest BCUT2D eigenvalue weighted by atomic mass is 16.5. The van der Waals surface area contributed by atoms with Crippen molar-refractivity contribution in [2.75, 3.05) is 13.2 Å². The largest absolute Gasteiger partial charge is 0.484 e. The molecule has 0 fully saturated rings. The molecule has 162 valence electrons. The molecule has 0 aliphatic carbocycles. The average Bonchev–Trinajstić information content (AvgIpc) is 3.00. The van der Waals surface area contributed by atoms with Gasteiger partial charge in [0.2, 0.25) is 0 Å². The van der Waals surface area contributed by atoms with E-state index in [1.54, 1.807) is 39.8 Å². The first kappa shape index (κ1) is 23.2. The molecule has 0 saturated carbocycles. The summed E-state index contributed by atoms with van der Waals surface area (Å²) in [5, 5.41) is 0. The summed E-state index contributed by atoms with van der Waals surface area (Å²) in [4.78, 5) is 42.8. The molecule has 0 saturated heterocycles. The maximum absolute atomic E-state index is 13.3. The van der Waals surface area contributed by atoms with Crippen LogP contribution in [-0.2, 0) is 9.53 Å². The number of rotatable bonds is 9. The summed E-state index contributed by atoms with van der Waals surface area (Å²) in [6.07, 6.45) is 0. The Morgan fingerprint density at radius 3 is 2.27 bits per heavy atom. The number of esters is 1. The highest BCUT2D eigenvalue weighted by molar-refractivity contribution is 6.06. The van der Waals surface area contributed by atoms with Crippen LogP contribution in [-0.4, -0.2) is 52.8 Å². The molecule has 30 heavy (non-hydrogen) atoms. The molecule has 0 aliphatic heterocycles. The standard InChI is InChI=1S/C23H30N2O5/c1-7-29-23(28)21-15(4)20(16(5)24-21)22(27)17(6)25(14(2)3)19(26)13-30-18-11-9-8-10-12-18/h8-12,14,17,24H,7,13H2,1-6H3/t17-/m1/s1. The van der Waals surface area contributed by atoms with Crippen LogP contribution in [0.3, 0.4) is 0 Å². The number of benzene rings is 1. The minimum atomic E-state index is -0.722. The number of hydrogen-bond donors (Lipinski definition) is 1. The van der Waals surface area contributed by atoms with Crippen LogP contribution in [0.1, 0.15) is 59.8 Å². The summed E-state index contributed by atoms with van der Waals surface area (Å²) in [7, 11) is 0. The number of carbonyl (C=O) groups is 3. The van der Waals surface area contributed by atoms with Crippen LogP contribution in [0.15, 0.2) is 30.3 Å². The van der Waals surface area contributed by atoms with Crippen LogP contribution in [0.2, 0.25) is 0 Å². The smallest absolute Gasteiger partial charge is 0.355 e. The number of ketones is 1. The van der Waals surface area contributed by atoms with E-state index < -0.39 is 12.0 Å². The Kier molecular flexibility index (Phi) is 7.80. The normalized spacial score (nSPS) is 11.8. The van der Waals surface area contributed by atoms with Crippen molar-refractivity contribution in [1.82, 2.24) is 9.88 Å². The van der Waals surface area contributed by atoms with Crippen LogP contribution in [0.4, 0.5) is 0 Å². The second-order valence-electron chi connectivity index (χ2n) is 7.38. The lowest BCUT2D eigenvalue weighted by Crippen LogP contribution is -2.49. The SMILES string of the molecule is CCOC(=O)c1[nH]c(C)c(C(=O)[C@@H](C)N(C(=O)COc2ccccc2)C(C)C)c1C. The number of H-pyrrole nitrogens is 1. The van der Waals surface area contributed by atoms with Gasteiger partial charge in [-0.2, -0.15) is 0 Å². The third-order valence-electron chi connectivity index (χ3n) is 4.91. The number of aromatic nitrogens is 1. The Hall–Kier alpha value is -3.09. The van der Waals surface area contributed by atoms with Crippen molar-refractivity contribution in [3.05, 3.63) is 52.8 Å². The van der Waals surface area contributed by atoms with E-state index in [2.05, 4.69) is 4.98 Å². The van der Waals surface area contributed by atoms with Gasteiger partial charge in [-0.3, -0.25) is 9.59 Å². The van der Waals surface area contributed by atoms with Gasteiger partial charge in [0.1, 0.15) is 11.4 Å². The third-order valence-corrected chi connectivity index (χ3v) is 4.91. The lowest BCUT2D eigenvalue weighted by atomic mass is 9.99. The summed E-state index contributed by atoms with van der Waals surface area (Å²) >= 11 is 0. The van der Waals surface area contributed by atoms with Crippen molar-refractivity contribution in [2.45, 2.75) is 53.6 Å². The summed E-state index contributed by atoms with van der Waals surface area (Å²) < 4.78 is 10.6. The summed E-state index contributed by atoms with van der Waals surface area (Å²) in [6, 6.07) is 8.12. The minimum Gasteiger partial charge on any atom is -0.484 e. The Labute approximate surface area is 177 Å². The molecule has 0 aliphatic rings. The van der Waals surface area contributed by atoms with Gasteiger partial charge in [0.05, 0.1) is 12.6 Å². The predicted molar refractivity (Wildman–Crippen MR) is 114 cm³/mol. The van der Waals surface area contributed by atoms with Crippen molar-refractivity contribution in [1.29, 1.82) is 0 Å². The maximum Gasteiger partial charge on any atom is 0.355 e. The summed E-state index contributed by atoms with van der Waals surface area (Å²) in [5.74, 6) is -0.437. The van der Waals surface area contributed by atoms with E-state index in [0.29, 0.717) is 22.6 Å². The molecule has 0 radical (unpaired) electrons. The molecule has 2 aromatic rings. The lowest BCUT2D eigenvalue weighted by Gasteiger charge is -2.32. The fraction of sp³-hybridized carbons (Fsp3) is 0.435. The fourth-order valence-corrected chi connectivity index (χ4v) is 3.55. The van der Waals surface area contributed by atoms with E-state index >= 15 is 0 Å². The molecule has 1 amide bonds. The van der Waals surface area contributed by atoms with Gasteiger partial charge in [-0.05, 0) is 59.2 Å². The van der Waals surface area contributed by atoms with Crippen LogP contribution in [0.25, 0.3) is 0 Å². The molecule has 1 heterocycles. The van der Waals surface area contributed by atoms with Crippen LogP contribution >= 0.6 is 0 Å². The number of nitrogens with zero attached hydrogens (tertiary/aromatic N) is 1. The Balaban J connectivity index is 2.22. The van der Waals surface area contributed by atoms with Gasteiger partial charge in [0, 0.05) is 17.3 Å². The number of para-hydroxylation sites is 1. The molecule has 7 heteroatoms. The van der Waals surface area contributed by atoms with Crippen LogP contribution in [0.5, 0.6) is 5.75 Å². The number of aryl methyl sites for hydroxylation is 1. The first-order chi connectivity index (χ1) is 14.2. The number of nitrogens with one attached hydrogen (secondary N) is 1. The zero-order valence-corrected chi connectivity index (χ0v) is 18.4. The molecule has 0 spiro atoms. The monoisotopic (exact) mass is 414 g/mol. The number of ether oxygens (including phenoxy) is 2. The first-order valence-electron chi connectivity index (χ1n) is 10.1. The van der Waals surface area contributed by atoms with E-state index in [-0.39, 0.29) is 36.6 Å². The molecule has 2 rings (SSSR count). The molecular formula is C23H30N2O5. The van der Waals surface area contributed by atoms with E-state index in [4.69, 9.17) is 9.47 Å². The van der Waals surface area contributed by atoms with Gasteiger partial charge in [-0.25, -0.2) is 4.79 Å². The molecule has 7 nitrogen and oxygen atoms in total. The third kappa shape index (κ3) is 5.09. The van der Waals surface area contributed by atoms with Crippen LogP contribution < -0.4 is 4.74 Å². The van der Waals surface area contributed by atoms with Crippen molar-refractivity contribution in [3.63, 3.8) is 0 Å². The lowest BCUT2D eigenvalue weighted by molar-refractivity contribution is -0.136. The van der Waals surface area contributed by atoms with Gasteiger partial charge < -0.3 is 19.4 Å². The highest BCUT2D eigenvalue weighted by Gasteiger charge is 2.32. The van der Waals surface area contributed by atoms with E-state index in [0.717, 1.165) is 0 Å². The Bertz CT molecular complexity index is 902. The second-order valence-corrected chi connectivity index (χ2v) is 7.38. The number of Topliss-reactive ketones (excluding diaryl/α,β-unsaturated/α-hetero) is 1. The minimum absolute atomic E-state index is 0.168. The topological polar surface area (TPSA) is 88.7 Å². The van der Waals surface area contributed by atoms with Crippen LogP contribution in [0, 0.1) is 13.8 Å². The zero-order chi connectivity index (χ0) is 22.4. The molecule has 1 aromatic heterocycles. The van der Waals surface area contributed by atoms with E-state index in [9.17, 15) is 14.4 Å². The molecule has 1 aromatic carbocycles. The highest BCUT2D eigenvalue weighted by Crippen LogP contribution is 2.23. The Morgan fingerprint density at radius 1 is 1.07 bits per heavy atom. The van der Waals surface area contributed by atoms with E-state index in [1.807, 2.05) is 32.0 Å². The molecular weight excluding hydrogens is 384 g/mol. The fourth-order valence-electron chi connectivity index (χ4n) is 3.55. The molecule has 1 N–H and O–H groups in total. The summed E-state index contributed by atoms with van der Waals surface area (Å²) in [5.41, 5.74) is 1.77. The number of amides is 1. The van der Waals surface area contributed by atoms with Gasteiger partial charge >= 0.3 is 5.97 Å². The van der Waals surface area contributed by atoms with Crippen molar-refractivity contribution >= 4 is 17.7 Å². The summed E-state index contributed by atoms with van der Waals surface area (Å²) in [6.45, 7) is 10.6. The molecule has 0 unspecified atom stereocenters. The van der Waals surface area contributed by atoms with Crippen molar-refractivity contribution in [2.24, 2.45) is 0 Å². The quantitative estimate of drug-likeness (QED) is 0.499. The predicted octanol–water partition coefficient (Wildman–Crippen LogP) is 3.70. The number of hydrogen-bond acceptors (Lipinski definition) is 5. The van der Waals surface area contributed by atoms with Gasteiger partial charge in [-0.1, -0.05) is 18.2 Å². The molecule has 0 bridgehead atoms. The average molecular weight is 415 g/mol.